The number of benzene rings is 1. The van der Waals surface area contributed by atoms with E-state index in [-0.39, 0.29) is 15.7 Å². The van der Waals surface area contributed by atoms with E-state index in [1.807, 2.05) is 0 Å². The van der Waals surface area contributed by atoms with Gasteiger partial charge in [-0.25, -0.2) is 13.8 Å². The molecule has 0 bridgehead atoms. The average molecular weight is 241 g/mol. The van der Waals surface area contributed by atoms with Crippen molar-refractivity contribution >= 4 is 18.0 Å². The van der Waals surface area contributed by atoms with Gasteiger partial charge in [-0.2, -0.15) is 0 Å². The summed E-state index contributed by atoms with van der Waals surface area (Å²) in [6.07, 6.45) is 3.06. The number of hydrogen-bond donors (Lipinski definition) is 0. The molecule has 0 saturated heterocycles. The number of carbonyl (C=O) groups excluding carboxylic acids is 1. The van der Waals surface area contributed by atoms with E-state index in [9.17, 15) is 13.6 Å². The van der Waals surface area contributed by atoms with Crippen LogP contribution in [0.15, 0.2) is 39.1 Å². The van der Waals surface area contributed by atoms with Gasteiger partial charge in [0, 0.05) is 5.56 Å². The molecule has 0 aliphatic carbocycles. The molecule has 0 unspecified atom stereocenters. The fourth-order valence-electron chi connectivity index (χ4n) is 1.09. The largest absolute Gasteiger partial charge is 0.440 e. The van der Waals surface area contributed by atoms with E-state index in [0.29, 0.717) is 6.29 Å². The van der Waals surface area contributed by atoms with Crippen LogP contribution in [0, 0.1) is 11.6 Å². The lowest BCUT2D eigenvalue weighted by atomic mass is 10.2. The number of oxazole rings is 1. The first-order chi connectivity index (χ1) is 7.70. The number of hydrogen-bond acceptors (Lipinski definition) is 4. The predicted molar refractivity (Wildman–Crippen MR) is 52.4 cm³/mol. The molecule has 0 spiro atoms. The van der Waals surface area contributed by atoms with Crippen molar-refractivity contribution in [3.8, 4) is 0 Å². The highest BCUT2D eigenvalue weighted by atomic mass is 32.2. The number of carbonyl (C=O) groups is 1. The molecule has 1 aromatic carbocycles. The Morgan fingerprint density at radius 2 is 2.00 bits per heavy atom. The second kappa shape index (κ2) is 4.44. The van der Waals surface area contributed by atoms with E-state index < -0.39 is 11.6 Å². The van der Waals surface area contributed by atoms with E-state index in [4.69, 9.17) is 4.42 Å². The maximum atomic E-state index is 13.4. The molecule has 0 radical (unpaired) electrons. The van der Waals surface area contributed by atoms with Crippen LogP contribution in [0.4, 0.5) is 8.78 Å². The zero-order valence-electron chi connectivity index (χ0n) is 7.81. The molecule has 82 valence electrons. The van der Waals surface area contributed by atoms with Crippen molar-refractivity contribution < 1.29 is 18.0 Å². The van der Waals surface area contributed by atoms with Crippen molar-refractivity contribution in [1.29, 1.82) is 0 Å². The van der Waals surface area contributed by atoms with Crippen LogP contribution in [0.5, 0.6) is 0 Å². The Morgan fingerprint density at radius 3 is 2.50 bits per heavy atom. The van der Waals surface area contributed by atoms with Gasteiger partial charge in [-0.1, -0.05) is 0 Å². The van der Waals surface area contributed by atoms with Crippen molar-refractivity contribution in [1.82, 2.24) is 4.98 Å². The summed E-state index contributed by atoms with van der Waals surface area (Å²) >= 11 is 0.723. The van der Waals surface area contributed by atoms with Crippen LogP contribution in [0.1, 0.15) is 10.4 Å². The topological polar surface area (TPSA) is 43.1 Å². The van der Waals surface area contributed by atoms with Gasteiger partial charge in [-0.3, -0.25) is 4.79 Å². The average Bonchev–Trinajstić information content (AvgIpc) is 2.75. The molecule has 0 aliphatic rings. The molecule has 0 amide bonds. The van der Waals surface area contributed by atoms with Gasteiger partial charge in [0.25, 0.3) is 5.22 Å². The molecular formula is C10H5F2NO2S. The molecule has 0 fully saturated rings. The van der Waals surface area contributed by atoms with Crippen molar-refractivity contribution in [3.63, 3.8) is 0 Å². The van der Waals surface area contributed by atoms with Gasteiger partial charge in [-0.15, -0.1) is 0 Å². The summed E-state index contributed by atoms with van der Waals surface area (Å²) in [5.74, 6) is -1.63. The Kier molecular flexibility index (Phi) is 3.00. The molecule has 3 nitrogen and oxygen atoms in total. The minimum absolute atomic E-state index is 0.0493. The summed E-state index contributed by atoms with van der Waals surface area (Å²) in [5.41, 5.74) is -0.0493. The monoisotopic (exact) mass is 241 g/mol. The molecule has 2 rings (SSSR count). The summed E-state index contributed by atoms with van der Waals surface area (Å²) < 4.78 is 31.7. The summed E-state index contributed by atoms with van der Waals surface area (Å²) in [4.78, 5) is 13.9. The quantitative estimate of drug-likeness (QED) is 0.775. The van der Waals surface area contributed by atoms with Gasteiger partial charge < -0.3 is 4.42 Å². The first kappa shape index (κ1) is 10.8. The fourth-order valence-corrected chi connectivity index (χ4v) is 1.80. The zero-order valence-corrected chi connectivity index (χ0v) is 8.63. The fraction of sp³-hybridized carbons (Fsp3) is 0. The van der Waals surface area contributed by atoms with Gasteiger partial charge >= 0.3 is 0 Å². The minimum Gasteiger partial charge on any atom is -0.440 e. The highest BCUT2D eigenvalue weighted by Gasteiger charge is 2.14. The third-order valence-electron chi connectivity index (χ3n) is 1.76. The maximum absolute atomic E-state index is 13.4. The van der Waals surface area contributed by atoms with E-state index in [0.717, 1.165) is 23.9 Å². The SMILES string of the molecule is O=Cc1cc(F)c(Sc2ncco2)c(F)c1. The maximum Gasteiger partial charge on any atom is 0.260 e. The number of aromatic nitrogens is 1. The number of halogens is 2. The van der Waals surface area contributed by atoms with Crippen molar-refractivity contribution in [3.05, 3.63) is 41.8 Å². The van der Waals surface area contributed by atoms with Crippen LogP contribution in [0.25, 0.3) is 0 Å². The summed E-state index contributed by atoms with van der Waals surface area (Å²) in [5, 5.41) is 0.136. The third kappa shape index (κ3) is 2.11. The molecule has 1 heterocycles. The molecule has 0 atom stereocenters. The Hall–Kier alpha value is -1.69. The van der Waals surface area contributed by atoms with Gasteiger partial charge in [0.2, 0.25) is 0 Å². The number of rotatable bonds is 3. The molecule has 16 heavy (non-hydrogen) atoms. The molecule has 6 heteroatoms. The van der Waals surface area contributed by atoms with Gasteiger partial charge in [0.15, 0.2) is 0 Å². The zero-order chi connectivity index (χ0) is 11.5. The second-order valence-corrected chi connectivity index (χ2v) is 3.79. The van der Waals surface area contributed by atoms with E-state index in [2.05, 4.69) is 4.98 Å². The van der Waals surface area contributed by atoms with Crippen LogP contribution >= 0.6 is 11.8 Å². The smallest absolute Gasteiger partial charge is 0.260 e. The van der Waals surface area contributed by atoms with Crippen LogP contribution in [0.3, 0.4) is 0 Å². The lowest BCUT2D eigenvalue weighted by Crippen LogP contribution is -1.91. The Balaban J connectivity index is 2.37. The number of aldehydes is 1. The van der Waals surface area contributed by atoms with Crippen LogP contribution in [-0.2, 0) is 0 Å². The molecule has 0 N–H and O–H groups in total. The molecule has 0 aliphatic heterocycles. The van der Waals surface area contributed by atoms with Crippen LogP contribution < -0.4 is 0 Å². The molecule has 1 aromatic heterocycles. The van der Waals surface area contributed by atoms with Gasteiger partial charge in [0.1, 0.15) is 24.2 Å². The summed E-state index contributed by atoms with van der Waals surface area (Å²) in [6, 6.07) is 1.92. The van der Waals surface area contributed by atoms with E-state index in [1.165, 1.54) is 12.5 Å². The lowest BCUT2D eigenvalue weighted by Gasteiger charge is -2.02. The molecular weight excluding hydrogens is 236 g/mol. The summed E-state index contributed by atoms with van der Waals surface area (Å²) in [6.45, 7) is 0. The Labute approximate surface area is 93.5 Å². The number of nitrogens with zero attached hydrogens (tertiary/aromatic N) is 1. The normalized spacial score (nSPS) is 10.4. The molecule has 2 aromatic rings. The van der Waals surface area contributed by atoms with E-state index >= 15 is 0 Å². The van der Waals surface area contributed by atoms with Crippen LogP contribution in [0.2, 0.25) is 0 Å². The Bertz CT molecular complexity index is 491. The van der Waals surface area contributed by atoms with Crippen molar-refractivity contribution in [2.75, 3.05) is 0 Å². The van der Waals surface area contributed by atoms with Crippen LogP contribution in [-0.4, -0.2) is 11.3 Å². The van der Waals surface area contributed by atoms with Gasteiger partial charge in [-0.05, 0) is 23.9 Å². The highest BCUT2D eigenvalue weighted by molar-refractivity contribution is 7.99. The third-order valence-corrected chi connectivity index (χ3v) is 2.73. The van der Waals surface area contributed by atoms with E-state index in [1.54, 1.807) is 0 Å². The molecule has 0 saturated carbocycles. The Morgan fingerprint density at radius 1 is 1.31 bits per heavy atom. The van der Waals surface area contributed by atoms with Gasteiger partial charge in [0.05, 0.1) is 11.1 Å². The van der Waals surface area contributed by atoms with Crippen molar-refractivity contribution in [2.24, 2.45) is 0 Å². The van der Waals surface area contributed by atoms with Crippen molar-refractivity contribution in [2.45, 2.75) is 10.1 Å². The lowest BCUT2D eigenvalue weighted by molar-refractivity contribution is 0.112. The first-order valence-electron chi connectivity index (χ1n) is 4.22. The standard InChI is InChI=1S/C10H5F2NO2S/c11-7-3-6(5-14)4-8(12)9(7)16-10-13-1-2-15-10/h1-5H. The predicted octanol–water partition coefficient (Wildman–Crippen LogP) is 2.92. The highest BCUT2D eigenvalue weighted by Crippen LogP contribution is 2.31. The second-order valence-electron chi connectivity index (χ2n) is 2.83. The summed E-state index contributed by atoms with van der Waals surface area (Å²) in [7, 11) is 0. The minimum atomic E-state index is -0.815. The first-order valence-corrected chi connectivity index (χ1v) is 5.04.